The molecule has 0 fully saturated rings. The standard InChI is InChI=1S/C20H13F3NO.C15H13N2.Ir/c1-12-6-9-16(24-11-12)14-8-7-13(10-20(21,22)23)18-15-4-2-3-5-17(15)25-19(14)18;1-2-16-12-17(13-8-4-3-5-9-13)15-11-7-6-10-14(15)16;/h2-7,9,11H,10H2,1H3;3-8,10-11H,2H2,1H3;/q2*-1;+3/i1D3,10D2;2D2;. The average molecular weight is 761 g/mol. The van der Waals surface area contributed by atoms with Crippen molar-refractivity contribution in [2.45, 2.75) is 32.8 Å². The fourth-order valence-electron chi connectivity index (χ4n) is 4.68. The first-order valence-corrected chi connectivity index (χ1v) is 12.8. The number of halogens is 3. The Hall–Kier alpha value is -4.26. The van der Waals surface area contributed by atoms with Crippen molar-refractivity contribution in [2.24, 2.45) is 0 Å². The van der Waals surface area contributed by atoms with Gasteiger partial charge in [0.2, 0.25) is 6.33 Å². The van der Waals surface area contributed by atoms with Crippen LogP contribution in [0.25, 0.3) is 49.9 Å². The molecule has 0 N–H and O–H groups in total. The number of aromatic nitrogens is 3. The van der Waals surface area contributed by atoms with E-state index in [9.17, 15) is 13.2 Å². The molecule has 0 unspecified atom stereocenters. The Morgan fingerprint density at radius 2 is 1.79 bits per heavy atom. The predicted octanol–water partition coefficient (Wildman–Crippen LogP) is 8.40. The molecule has 7 rings (SSSR count). The Bertz CT molecular complexity index is 2280. The summed E-state index contributed by atoms with van der Waals surface area (Å²) in [6, 6.07) is 31.2. The van der Waals surface area contributed by atoms with Crippen molar-refractivity contribution >= 4 is 33.0 Å². The van der Waals surface area contributed by atoms with E-state index >= 15 is 0 Å². The molecular formula is C35H26F3IrN3O+. The van der Waals surface area contributed by atoms with Gasteiger partial charge in [0.25, 0.3) is 0 Å². The van der Waals surface area contributed by atoms with Gasteiger partial charge in [-0.05, 0) is 31.1 Å². The van der Waals surface area contributed by atoms with Gasteiger partial charge in [-0.2, -0.15) is 43.5 Å². The minimum Gasteiger partial charge on any atom is -0.501 e. The first kappa shape index (κ1) is 22.3. The predicted molar refractivity (Wildman–Crippen MR) is 157 cm³/mol. The van der Waals surface area contributed by atoms with Crippen molar-refractivity contribution < 1.29 is 51.9 Å². The van der Waals surface area contributed by atoms with Crippen molar-refractivity contribution in [3.63, 3.8) is 0 Å². The summed E-state index contributed by atoms with van der Waals surface area (Å²) in [5.41, 5.74) is 2.70. The van der Waals surface area contributed by atoms with Crippen LogP contribution >= 0.6 is 0 Å². The van der Waals surface area contributed by atoms with Crippen LogP contribution in [-0.4, -0.2) is 15.7 Å². The molecule has 3 aromatic heterocycles. The van der Waals surface area contributed by atoms with E-state index in [-0.39, 0.29) is 53.5 Å². The second kappa shape index (κ2) is 12.5. The van der Waals surface area contributed by atoms with E-state index in [4.69, 9.17) is 14.0 Å². The molecule has 4 nitrogen and oxygen atoms in total. The quantitative estimate of drug-likeness (QED) is 0.134. The van der Waals surface area contributed by atoms with Gasteiger partial charge in [-0.3, -0.25) is 0 Å². The Morgan fingerprint density at radius 3 is 2.51 bits per heavy atom. The zero-order valence-electron chi connectivity index (χ0n) is 29.5. The monoisotopic (exact) mass is 761 g/mol. The zero-order chi connectivity index (χ0) is 35.4. The molecule has 0 saturated carbocycles. The number of imidazole rings is 1. The molecule has 0 aliphatic heterocycles. The maximum atomic E-state index is 13.4. The van der Waals surface area contributed by atoms with Crippen LogP contribution in [0.4, 0.5) is 13.2 Å². The number of alkyl halides is 3. The molecule has 0 aliphatic carbocycles. The van der Waals surface area contributed by atoms with Gasteiger partial charge in [0.05, 0.1) is 25.9 Å². The number of fused-ring (bicyclic) bond motifs is 4. The maximum absolute atomic E-state index is 13.4. The summed E-state index contributed by atoms with van der Waals surface area (Å²) in [4.78, 5) is 4.11. The van der Waals surface area contributed by atoms with E-state index in [0.717, 1.165) is 29.0 Å². The van der Waals surface area contributed by atoms with Crippen LogP contribution in [0.2, 0.25) is 0 Å². The number of benzene rings is 4. The summed E-state index contributed by atoms with van der Waals surface area (Å²) in [6.07, 6.45) is -4.55. The number of hydrogen-bond acceptors (Lipinski definition) is 2. The Labute approximate surface area is 270 Å². The van der Waals surface area contributed by atoms with Gasteiger partial charge in [0, 0.05) is 24.8 Å². The Balaban J connectivity index is 0.000000209. The smallest absolute Gasteiger partial charge is 0.501 e. The molecule has 0 spiro atoms. The molecule has 43 heavy (non-hydrogen) atoms. The molecule has 8 heteroatoms. The summed E-state index contributed by atoms with van der Waals surface area (Å²) in [7, 11) is 0. The van der Waals surface area contributed by atoms with Crippen LogP contribution in [0.3, 0.4) is 0 Å². The van der Waals surface area contributed by atoms with Gasteiger partial charge in [-0.25, -0.2) is 0 Å². The topological polar surface area (TPSA) is 34.8 Å². The van der Waals surface area contributed by atoms with Crippen molar-refractivity contribution in [1.29, 1.82) is 0 Å². The minimum atomic E-state index is -5.15. The number of nitrogens with zero attached hydrogens (tertiary/aromatic N) is 3. The summed E-state index contributed by atoms with van der Waals surface area (Å²) in [6.45, 7) is -2.33. The summed E-state index contributed by atoms with van der Waals surface area (Å²) < 4.78 is 103. The third-order valence-corrected chi connectivity index (χ3v) is 6.47. The second-order valence-electron chi connectivity index (χ2n) is 9.17. The fraction of sp³-hybridized carbons (Fsp3) is 0.143. The summed E-state index contributed by atoms with van der Waals surface area (Å²) >= 11 is 0. The molecule has 0 bridgehead atoms. The number of furan rings is 1. The van der Waals surface area contributed by atoms with Crippen LogP contribution in [0, 0.1) is 25.3 Å². The van der Waals surface area contributed by atoms with Gasteiger partial charge in [-0.15, -0.1) is 17.7 Å². The van der Waals surface area contributed by atoms with Crippen LogP contribution in [0.1, 0.15) is 27.6 Å². The molecule has 7 aromatic rings. The molecule has 216 valence electrons. The number of hydrogen-bond donors (Lipinski definition) is 0. The first-order valence-electron chi connectivity index (χ1n) is 16.3. The first-order chi connectivity index (χ1) is 23.0. The van der Waals surface area contributed by atoms with E-state index in [0.29, 0.717) is 5.39 Å². The molecule has 0 aliphatic rings. The van der Waals surface area contributed by atoms with Crippen molar-refractivity contribution in [3.8, 4) is 16.9 Å². The van der Waals surface area contributed by atoms with Crippen molar-refractivity contribution in [2.75, 3.05) is 0 Å². The number of pyridine rings is 1. The van der Waals surface area contributed by atoms with E-state index in [1.54, 1.807) is 24.3 Å². The van der Waals surface area contributed by atoms with Crippen molar-refractivity contribution in [1.82, 2.24) is 9.55 Å². The molecular weight excluding hydrogens is 728 g/mol. The van der Waals surface area contributed by atoms with Crippen LogP contribution in [0.15, 0.2) is 102 Å². The van der Waals surface area contributed by atoms with Crippen LogP contribution in [0.5, 0.6) is 0 Å². The SMILES string of the molecule is [2H]C([2H])(C)[n+]1[c-]n(-c2[c-]cccc2)c2ccccc21.[2H]C([2H])([2H])c1ccc(-c2[c-]cc(C([2H])([2H])C(F)(F)F)c3c2oc2ccccc23)nc1.[Ir+3]. The summed E-state index contributed by atoms with van der Waals surface area (Å²) in [5, 5.41) is 0.299. The molecule has 0 saturated heterocycles. The Morgan fingerprint density at radius 1 is 1.00 bits per heavy atom. The van der Waals surface area contributed by atoms with Gasteiger partial charge in [0.1, 0.15) is 5.58 Å². The second-order valence-corrected chi connectivity index (χ2v) is 9.17. The van der Waals surface area contributed by atoms with Gasteiger partial charge < -0.3 is 18.5 Å². The van der Waals surface area contributed by atoms with E-state index in [1.807, 2.05) is 53.1 Å². The molecule has 0 amide bonds. The van der Waals surface area contributed by atoms with Gasteiger partial charge in [-0.1, -0.05) is 71.2 Å². The van der Waals surface area contributed by atoms with Gasteiger partial charge in [0.15, 0.2) is 0 Å². The van der Waals surface area contributed by atoms with Crippen LogP contribution in [-0.2, 0) is 33.0 Å². The van der Waals surface area contributed by atoms with Crippen LogP contribution < -0.4 is 4.57 Å². The average Bonchev–Trinajstić information content (AvgIpc) is 3.64. The molecule has 0 radical (unpaired) electrons. The molecule has 4 aromatic carbocycles. The van der Waals surface area contributed by atoms with Crippen molar-refractivity contribution in [3.05, 3.63) is 127 Å². The van der Waals surface area contributed by atoms with E-state index in [1.165, 1.54) is 23.6 Å². The van der Waals surface area contributed by atoms with E-state index in [2.05, 4.69) is 23.4 Å². The minimum absolute atomic E-state index is 0. The van der Waals surface area contributed by atoms with E-state index < -0.39 is 31.5 Å². The molecule has 0 atom stereocenters. The largest absolute Gasteiger partial charge is 3.00 e. The zero-order valence-corrected chi connectivity index (χ0v) is 24.8. The maximum Gasteiger partial charge on any atom is 3.00 e. The fourth-order valence-corrected chi connectivity index (χ4v) is 4.68. The third-order valence-electron chi connectivity index (χ3n) is 6.47. The summed E-state index contributed by atoms with van der Waals surface area (Å²) in [5.74, 6) is 0. The number of rotatable bonds is 4. The Kier molecular flexibility index (Phi) is 6.50. The molecule has 3 heterocycles. The third kappa shape index (κ3) is 6.26. The normalized spacial score (nSPS) is 14.7. The van der Waals surface area contributed by atoms with Gasteiger partial charge >= 0.3 is 26.3 Å². The number of para-hydroxylation sites is 4. The number of aryl methyl sites for hydroxylation is 2.